The molecule has 2 aliphatic rings. The third-order valence-corrected chi connectivity index (χ3v) is 4.14. The second-order valence-corrected chi connectivity index (χ2v) is 5.80. The van der Waals surface area contributed by atoms with Crippen molar-refractivity contribution in [2.45, 2.75) is 12.2 Å². The fourth-order valence-corrected chi connectivity index (χ4v) is 3.08. The monoisotopic (exact) mass is 336 g/mol. The Morgan fingerprint density at radius 3 is 2.26 bits per heavy atom. The lowest BCUT2D eigenvalue weighted by molar-refractivity contribution is 0.0247. The average Bonchev–Trinajstić information content (AvgIpc) is 2.62. The van der Waals surface area contributed by atoms with Crippen LogP contribution in [0.4, 0.5) is 0 Å². The number of nitrogens with zero attached hydrogens (tertiary/aromatic N) is 4. The van der Waals surface area contributed by atoms with Gasteiger partial charge in [-0.15, -0.1) is 0 Å². The fourth-order valence-electron chi connectivity index (χ4n) is 2.90. The minimum absolute atomic E-state index is 0.168. The highest BCUT2D eigenvalue weighted by atomic mass is 35.5. The Labute approximate surface area is 138 Å². The summed E-state index contributed by atoms with van der Waals surface area (Å²) in [5.41, 5.74) is 2.73. The summed E-state index contributed by atoms with van der Waals surface area (Å²) in [4.78, 5) is 17.5. The quantitative estimate of drug-likeness (QED) is 0.761. The molecule has 2 aromatic rings. The van der Waals surface area contributed by atoms with Crippen molar-refractivity contribution < 1.29 is 9.47 Å². The summed E-state index contributed by atoms with van der Waals surface area (Å²) >= 11 is 6.14. The van der Waals surface area contributed by atoms with Gasteiger partial charge in [0.25, 0.3) is 0 Å². The van der Waals surface area contributed by atoms with E-state index in [0.717, 1.165) is 18.8 Å². The second kappa shape index (κ2) is 6.58. The van der Waals surface area contributed by atoms with E-state index in [1.165, 1.54) is 6.33 Å². The van der Waals surface area contributed by atoms with E-state index in [1.807, 2.05) is 0 Å². The van der Waals surface area contributed by atoms with Gasteiger partial charge < -0.3 is 20.1 Å². The molecule has 8 nitrogen and oxygen atoms in total. The number of fused-ring (bicyclic) bond motifs is 1. The first-order valence-electron chi connectivity index (χ1n) is 7.65. The molecule has 2 saturated heterocycles. The third kappa shape index (κ3) is 3.00. The first-order valence-corrected chi connectivity index (χ1v) is 8.03. The van der Waals surface area contributed by atoms with Gasteiger partial charge in [0, 0.05) is 26.2 Å². The highest BCUT2D eigenvalue weighted by Gasteiger charge is 2.26. The molecule has 2 N–H and O–H groups in total. The topological polar surface area (TPSA) is 94.1 Å². The maximum Gasteiger partial charge on any atom is 0.223 e. The first kappa shape index (κ1) is 15.1. The van der Waals surface area contributed by atoms with Crippen LogP contribution < -0.4 is 10.6 Å². The van der Waals surface area contributed by atoms with E-state index in [4.69, 9.17) is 21.1 Å². The van der Waals surface area contributed by atoms with Gasteiger partial charge in [-0.05, 0) is 11.6 Å². The highest BCUT2D eigenvalue weighted by molar-refractivity contribution is 6.28. The molecule has 0 aliphatic carbocycles. The minimum atomic E-state index is -0.195. The smallest absolute Gasteiger partial charge is 0.223 e. The Hall–Kier alpha value is -1.45. The van der Waals surface area contributed by atoms with Gasteiger partial charge in [-0.25, -0.2) is 19.9 Å². The zero-order valence-corrected chi connectivity index (χ0v) is 13.2. The highest BCUT2D eigenvalue weighted by Crippen LogP contribution is 2.29. The number of ether oxygens (including phenoxy) is 2. The largest absolute Gasteiger partial charge is 0.369 e. The van der Waals surface area contributed by atoms with E-state index in [2.05, 4.69) is 30.6 Å². The molecule has 4 rings (SSSR count). The van der Waals surface area contributed by atoms with Crippen LogP contribution in [0.25, 0.3) is 11.0 Å². The van der Waals surface area contributed by atoms with Crippen LogP contribution >= 0.6 is 11.6 Å². The summed E-state index contributed by atoms with van der Waals surface area (Å²) < 4.78 is 11.6. The van der Waals surface area contributed by atoms with Crippen molar-refractivity contribution in [3.05, 3.63) is 23.0 Å². The van der Waals surface area contributed by atoms with Crippen LogP contribution in [-0.4, -0.2) is 59.3 Å². The maximum atomic E-state index is 6.14. The van der Waals surface area contributed by atoms with Gasteiger partial charge in [0.05, 0.1) is 13.2 Å². The van der Waals surface area contributed by atoms with Gasteiger partial charge in [-0.2, -0.15) is 0 Å². The number of rotatable bonds is 2. The van der Waals surface area contributed by atoms with Gasteiger partial charge in [-0.1, -0.05) is 0 Å². The van der Waals surface area contributed by atoms with E-state index in [9.17, 15) is 0 Å². The molecule has 2 fully saturated rings. The van der Waals surface area contributed by atoms with Crippen LogP contribution in [0.2, 0.25) is 5.28 Å². The number of morpholine rings is 2. The van der Waals surface area contributed by atoms with Crippen molar-refractivity contribution >= 4 is 22.6 Å². The normalized spacial score (nSPS) is 25.6. The van der Waals surface area contributed by atoms with E-state index < -0.39 is 0 Å². The summed E-state index contributed by atoms with van der Waals surface area (Å²) in [7, 11) is 0. The summed E-state index contributed by atoms with van der Waals surface area (Å²) in [6.07, 6.45) is 1.16. The Kier molecular flexibility index (Phi) is 4.32. The van der Waals surface area contributed by atoms with Crippen LogP contribution in [-0.2, 0) is 9.47 Å². The van der Waals surface area contributed by atoms with E-state index in [0.29, 0.717) is 43.0 Å². The summed E-state index contributed by atoms with van der Waals surface area (Å²) in [5.74, 6) is 0. The van der Waals surface area contributed by atoms with Gasteiger partial charge in [0.1, 0.15) is 41.0 Å². The second-order valence-electron chi connectivity index (χ2n) is 5.46. The number of aromatic nitrogens is 4. The lowest BCUT2D eigenvalue weighted by Crippen LogP contribution is -2.35. The zero-order valence-electron chi connectivity index (χ0n) is 12.5. The Morgan fingerprint density at radius 1 is 0.913 bits per heavy atom. The van der Waals surface area contributed by atoms with Gasteiger partial charge in [-0.3, -0.25) is 0 Å². The lowest BCUT2D eigenvalue weighted by atomic mass is 10.1. The number of halogens is 1. The first-order chi connectivity index (χ1) is 11.3. The van der Waals surface area contributed by atoms with Crippen LogP contribution in [0.5, 0.6) is 0 Å². The van der Waals surface area contributed by atoms with Crippen molar-refractivity contribution in [1.29, 1.82) is 0 Å². The molecule has 4 heterocycles. The molecule has 0 aromatic carbocycles. The van der Waals surface area contributed by atoms with Crippen molar-refractivity contribution in [2.75, 3.05) is 39.4 Å². The Bertz CT molecular complexity index is 703. The number of hydrogen-bond acceptors (Lipinski definition) is 8. The number of hydrogen-bond donors (Lipinski definition) is 2. The molecule has 0 radical (unpaired) electrons. The molecule has 2 aromatic heterocycles. The predicted molar refractivity (Wildman–Crippen MR) is 83.3 cm³/mol. The zero-order chi connectivity index (χ0) is 15.6. The van der Waals surface area contributed by atoms with Crippen molar-refractivity contribution in [3.63, 3.8) is 0 Å². The standard InChI is InChI=1S/C14H17ClN6O2/c15-14-20-11(9-6-17-2-4-23-9)12-13(21-14)10(18-7-19-12)8-5-16-1-3-22-8/h7-9,16-17H,1-6H2. The van der Waals surface area contributed by atoms with Gasteiger partial charge in [0.15, 0.2) is 0 Å². The van der Waals surface area contributed by atoms with Crippen LogP contribution in [0.3, 0.4) is 0 Å². The summed E-state index contributed by atoms with van der Waals surface area (Å²) in [6, 6.07) is 0. The maximum absolute atomic E-state index is 6.14. The Balaban J connectivity index is 1.81. The van der Waals surface area contributed by atoms with Crippen LogP contribution in [0.1, 0.15) is 23.6 Å². The molecule has 2 aliphatic heterocycles. The molecule has 0 bridgehead atoms. The number of nitrogens with one attached hydrogen (secondary N) is 2. The molecular weight excluding hydrogens is 320 g/mol. The van der Waals surface area contributed by atoms with E-state index in [-0.39, 0.29) is 17.5 Å². The molecule has 0 saturated carbocycles. The van der Waals surface area contributed by atoms with Gasteiger partial charge in [0.2, 0.25) is 5.28 Å². The molecule has 0 amide bonds. The molecule has 122 valence electrons. The minimum Gasteiger partial charge on any atom is -0.369 e. The average molecular weight is 337 g/mol. The molecule has 0 spiro atoms. The van der Waals surface area contributed by atoms with Crippen LogP contribution in [0.15, 0.2) is 6.33 Å². The molecule has 9 heteroatoms. The Morgan fingerprint density at radius 2 is 1.61 bits per heavy atom. The van der Waals surface area contributed by atoms with Crippen molar-refractivity contribution in [2.24, 2.45) is 0 Å². The predicted octanol–water partition coefficient (Wildman–Crippen LogP) is 0.395. The summed E-state index contributed by atoms with van der Waals surface area (Å²) in [6.45, 7) is 4.28. The lowest BCUT2D eigenvalue weighted by Gasteiger charge is -2.25. The van der Waals surface area contributed by atoms with Crippen molar-refractivity contribution in [1.82, 2.24) is 30.6 Å². The van der Waals surface area contributed by atoms with Gasteiger partial charge >= 0.3 is 0 Å². The fraction of sp³-hybridized carbons (Fsp3) is 0.571. The van der Waals surface area contributed by atoms with E-state index >= 15 is 0 Å². The van der Waals surface area contributed by atoms with Crippen molar-refractivity contribution in [3.8, 4) is 0 Å². The SMILES string of the molecule is Clc1nc(C2CNCCO2)c2ncnc(C3CNCCO3)c2n1. The molecule has 2 atom stereocenters. The van der Waals surface area contributed by atoms with E-state index in [1.54, 1.807) is 0 Å². The summed E-state index contributed by atoms with van der Waals surface area (Å²) in [5, 5.41) is 6.75. The third-order valence-electron chi connectivity index (χ3n) is 3.98. The molecule has 23 heavy (non-hydrogen) atoms. The molecular formula is C14H17ClN6O2. The van der Waals surface area contributed by atoms with Crippen LogP contribution in [0, 0.1) is 0 Å². The molecule has 2 unspecified atom stereocenters.